The number of carboxylic acid groups (broad SMARTS) is 1. The van der Waals surface area contributed by atoms with Crippen molar-refractivity contribution in [1.29, 1.82) is 5.26 Å². The van der Waals surface area contributed by atoms with E-state index in [1.54, 1.807) is 6.07 Å². The van der Waals surface area contributed by atoms with Crippen LogP contribution in [0.2, 0.25) is 0 Å². The molecule has 0 aliphatic carbocycles. The number of nitriles is 1. The predicted molar refractivity (Wildman–Crippen MR) is 54.7 cm³/mol. The van der Waals surface area contributed by atoms with Crippen LogP contribution in [0.5, 0.6) is 0 Å². The first-order valence-electron chi connectivity index (χ1n) is 4.09. The van der Waals surface area contributed by atoms with E-state index in [-0.39, 0.29) is 5.56 Å². The van der Waals surface area contributed by atoms with Gasteiger partial charge >= 0.3 is 5.97 Å². The third kappa shape index (κ3) is 1.88. The molecular formula is C10H9NO2S. The quantitative estimate of drug-likeness (QED) is 0.730. The molecule has 1 N–H and O–H groups in total. The Kier molecular flexibility index (Phi) is 3.15. The van der Waals surface area contributed by atoms with Crippen LogP contribution in [0, 0.1) is 11.3 Å². The minimum Gasteiger partial charge on any atom is -0.478 e. The SMILES string of the molecule is CCc1c(C#N)cc(S)cc1C(=O)O. The van der Waals surface area contributed by atoms with Crippen molar-refractivity contribution in [2.24, 2.45) is 0 Å². The molecule has 1 rings (SSSR count). The fourth-order valence-electron chi connectivity index (χ4n) is 1.33. The molecule has 1 aromatic carbocycles. The van der Waals surface area contributed by atoms with Crippen LogP contribution in [0.1, 0.15) is 28.4 Å². The normalized spacial score (nSPS) is 9.50. The summed E-state index contributed by atoms with van der Waals surface area (Å²) in [5.74, 6) is -1.02. The number of rotatable bonds is 2. The summed E-state index contributed by atoms with van der Waals surface area (Å²) in [5.41, 5.74) is 1.12. The van der Waals surface area contributed by atoms with E-state index >= 15 is 0 Å². The molecule has 0 unspecified atom stereocenters. The second-order valence-corrected chi connectivity index (χ2v) is 3.31. The summed E-state index contributed by atoms with van der Waals surface area (Å²) < 4.78 is 0. The zero-order chi connectivity index (χ0) is 10.7. The molecule has 0 spiro atoms. The van der Waals surface area contributed by atoms with Gasteiger partial charge in [0.15, 0.2) is 0 Å². The van der Waals surface area contributed by atoms with E-state index in [1.807, 2.05) is 13.0 Å². The Balaban J connectivity index is 3.49. The minimum absolute atomic E-state index is 0.163. The van der Waals surface area contributed by atoms with Crippen LogP contribution in [0.25, 0.3) is 0 Å². The number of thiol groups is 1. The van der Waals surface area contributed by atoms with Crippen LogP contribution in [0.4, 0.5) is 0 Å². The van der Waals surface area contributed by atoms with Gasteiger partial charge in [-0.2, -0.15) is 5.26 Å². The van der Waals surface area contributed by atoms with E-state index in [1.165, 1.54) is 6.07 Å². The summed E-state index contributed by atoms with van der Waals surface area (Å²) in [7, 11) is 0. The Morgan fingerprint density at radius 3 is 2.71 bits per heavy atom. The zero-order valence-corrected chi connectivity index (χ0v) is 8.51. The average molecular weight is 207 g/mol. The lowest BCUT2D eigenvalue weighted by Crippen LogP contribution is -2.04. The van der Waals surface area contributed by atoms with Gasteiger partial charge in [0.05, 0.1) is 17.2 Å². The molecule has 0 bridgehead atoms. The number of hydrogen-bond acceptors (Lipinski definition) is 3. The number of carboxylic acids is 1. The summed E-state index contributed by atoms with van der Waals surface area (Å²) >= 11 is 4.04. The van der Waals surface area contributed by atoms with Crippen molar-refractivity contribution in [3.05, 3.63) is 28.8 Å². The van der Waals surface area contributed by atoms with Crippen LogP contribution in [-0.2, 0) is 6.42 Å². The summed E-state index contributed by atoms with van der Waals surface area (Å²) in [4.78, 5) is 11.4. The van der Waals surface area contributed by atoms with Crippen LogP contribution >= 0.6 is 12.6 Å². The highest BCUT2D eigenvalue weighted by Crippen LogP contribution is 2.20. The number of aromatic carboxylic acids is 1. The zero-order valence-electron chi connectivity index (χ0n) is 7.61. The first kappa shape index (κ1) is 10.6. The molecule has 4 heteroatoms. The highest BCUT2D eigenvalue weighted by molar-refractivity contribution is 7.80. The van der Waals surface area contributed by atoms with Gasteiger partial charge in [0.2, 0.25) is 0 Å². The second-order valence-electron chi connectivity index (χ2n) is 2.79. The molecule has 0 aliphatic rings. The molecular weight excluding hydrogens is 198 g/mol. The van der Waals surface area contributed by atoms with E-state index in [2.05, 4.69) is 12.6 Å². The molecule has 72 valence electrons. The number of carbonyl (C=O) groups is 1. The summed E-state index contributed by atoms with van der Waals surface area (Å²) in [6.07, 6.45) is 0.526. The summed E-state index contributed by atoms with van der Waals surface area (Å²) in [6.45, 7) is 1.82. The van der Waals surface area contributed by atoms with Gasteiger partial charge in [0.25, 0.3) is 0 Å². The Hall–Kier alpha value is -1.47. The predicted octanol–water partition coefficient (Wildman–Crippen LogP) is 2.11. The maximum absolute atomic E-state index is 10.9. The molecule has 14 heavy (non-hydrogen) atoms. The Bertz CT molecular complexity index is 421. The lowest BCUT2D eigenvalue weighted by atomic mass is 9.99. The molecule has 0 atom stereocenters. The van der Waals surface area contributed by atoms with E-state index in [9.17, 15) is 4.79 Å². The molecule has 0 aliphatic heterocycles. The van der Waals surface area contributed by atoms with E-state index in [0.717, 1.165) is 0 Å². The summed E-state index contributed by atoms with van der Waals surface area (Å²) in [6, 6.07) is 5.01. The topological polar surface area (TPSA) is 61.1 Å². The second kappa shape index (κ2) is 4.16. The van der Waals surface area contributed by atoms with Gasteiger partial charge in [0, 0.05) is 4.90 Å². The smallest absolute Gasteiger partial charge is 0.336 e. The Morgan fingerprint density at radius 1 is 1.64 bits per heavy atom. The number of hydrogen-bond donors (Lipinski definition) is 2. The lowest BCUT2D eigenvalue weighted by Gasteiger charge is -2.06. The van der Waals surface area contributed by atoms with Gasteiger partial charge in [0.1, 0.15) is 0 Å². The van der Waals surface area contributed by atoms with Gasteiger partial charge in [-0.25, -0.2) is 4.79 Å². The molecule has 0 amide bonds. The van der Waals surface area contributed by atoms with E-state index in [0.29, 0.717) is 22.4 Å². The molecule has 3 nitrogen and oxygen atoms in total. The molecule has 1 aromatic rings. The van der Waals surface area contributed by atoms with Crippen molar-refractivity contribution >= 4 is 18.6 Å². The van der Waals surface area contributed by atoms with Crippen molar-refractivity contribution in [1.82, 2.24) is 0 Å². The van der Waals surface area contributed by atoms with Crippen molar-refractivity contribution in [2.75, 3.05) is 0 Å². The highest BCUT2D eigenvalue weighted by atomic mass is 32.1. The minimum atomic E-state index is -1.02. The molecule has 0 radical (unpaired) electrons. The Morgan fingerprint density at radius 2 is 2.29 bits per heavy atom. The van der Waals surface area contributed by atoms with Gasteiger partial charge in [-0.1, -0.05) is 6.92 Å². The van der Waals surface area contributed by atoms with Crippen LogP contribution in [0.15, 0.2) is 17.0 Å². The molecule has 0 saturated heterocycles. The lowest BCUT2D eigenvalue weighted by molar-refractivity contribution is 0.0695. The van der Waals surface area contributed by atoms with Crippen LogP contribution in [0.3, 0.4) is 0 Å². The standard InChI is InChI=1S/C10H9NO2S/c1-2-8-6(5-11)3-7(14)4-9(8)10(12)13/h3-4,14H,2H2,1H3,(H,12,13). The molecule has 0 fully saturated rings. The third-order valence-electron chi connectivity index (χ3n) is 1.94. The molecule has 0 saturated carbocycles. The van der Waals surface area contributed by atoms with Crippen molar-refractivity contribution < 1.29 is 9.90 Å². The van der Waals surface area contributed by atoms with Gasteiger partial charge < -0.3 is 5.11 Å². The van der Waals surface area contributed by atoms with E-state index in [4.69, 9.17) is 10.4 Å². The maximum Gasteiger partial charge on any atom is 0.336 e. The first-order chi connectivity index (χ1) is 6.60. The maximum atomic E-state index is 10.9. The van der Waals surface area contributed by atoms with Crippen LogP contribution < -0.4 is 0 Å². The van der Waals surface area contributed by atoms with Crippen molar-refractivity contribution in [3.8, 4) is 6.07 Å². The third-order valence-corrected chi connectivity index (χ3v) is 2.20. The van der Waals surface area contributed by atoms with Crippen LogP contribution in [-0.4, -0.2) is 11.1 Å². The largest absolute Gasteiger partial charge is 0.478 e. The monoisotopic (exact) mass is 207 g/mol. The fourth-order valence-corrected chi connectivity index (χ4v) is 1.59. The summed E-state index contributed by atoms with van der Waals surface area (Å²) in [5, 5.41) is 17.7. The average Bonchev–Trinajstić information content (AvgIpc) is 2.16. The first-order valence-corrected chi connectivity index (χ1v) is 4.54. The number of nitrogens with zero attached hydrogens (tertiary/aromatic N) is 1. The van der Waals surface area contributed by atoms with Crippen molar-refractivity contribution in [3.63, 3.8) is 0 Å². The van der Waals surface area contributed by atoms with Crippen molar-refractivity contribution in [2.45, 2.75) is 18.2 Å². The molecule has 0 heterocycles. The molecule has 0 aromatic heterocycles. The Labute approximate surface area is 87.4 Å². The van der Waals surface area contributed by atoms with E-state index < -0.39 is 5.97 Å². The van der Waals surface area contributed by atoms with Gasteiger partial charge in [-0.3, -0.25) is 0 Å². The van der Waals surface area contributed by atoms with Gasteiger partial charge in [-0.15, -0.1) is 12.6 Å². The fraction of sp³-hybridized carbons (Fsp3) is 0.200. The number of benzene rings is 1. The highest BCUT2D eigenvalue weighted by Gasteiger charge is 2.13. The van der Waals surface area contributed by atoms with Gasteiger partial charge in [-0.05, 0) is 24.1 Å².